The number of carboxylic acid groups (broad SMARTS) is 1. The zero-order valence-corrected chi connectivity index (χ0v) is 16.6. The first-order valence-electron chi connectivity index (χ1n) is 8.43. The highest BCUT2D eigenvalue weighted by atomic mass is 32.2. The Labute approximate surface area is 162 Å². The lowest BCUT2D eigenvalue weighted by molar-refractivity contribution is -0.149. The molecule has 2 atom stereocenters. The van der Waals surface area contributed by atoms with Crippen molar-refractivity contribution in [3.8, 4) is 0 Å². The van der Waals surface area contributed by atoms with Gasteiger partial charge < -0.3 is 20.6 Å². The SMILES string of the molecule is CC(=O)NCCN(C(=O)C(C)Sc1ccc(NC(C)=O)cc1)C(C)C(=O)O. The van der Waals surface area contributed by atoms with Crippen LogP contribution in [0.3, 0.4) is 0 Å². The van der Waals surface area contributed by atoms with Gasteiger partial charge in [-0.15, -0.1) is 11.8 Å². The minimum atomic E-state index is -1.11. The van der Waals surface area contributed by atoms with Gasteiger partial charge in [0.1, 0.15) is 6.04 Å². The molecule has 0 aliphatic heterocycles. The minimum absolute atomic E-state index is 0.109. The Balaban J connectivity index is 2.79. The van der Waals surface area contributed by atoms with Crippen LogP contribution in [-0.2, 0) is 19.2 Å². The molecule has 1 aromatic rings. The third kappa shape index (κ3) is 7.69. The number of nitrogens with one attached hydrogen (secondary N) is 2. The van der Waals surface area contributed by atoms with Gasteiger partial charge in [-0.3, -0.25) is 14.4 Å². The Morgan fingerprint density at radius 1 is 1.07 bits per heavy atom. The zero-order chi connectivity index (χ0) is 20.6. The highest BCUT2D eigenvalue weighted by Crippen LogP contribution is 2.26. The molecule has 3 N–H and O–H groups in total. The van der Waals surface area contributed by atoms with E-state index in [1.54, 1.807) is 31.2 Å². The Morgan fingerprint density at radius 2 is 1.67 bits per heavy atom. The predicted molar refractivity (Wildman–Crippen MR) is 104 cm³/mol. The molecule has 0 saturated heterocycles. The second-order valence-corrected chi connectivity index (χ2v) is 7.41. The van der Waals surface area contributed by atoms with E-state index in [2.05, 4.69) is 10.6 Å². The third-order valence-electron chi connectivity index (χ3n) is 3.67. The lowest BCUT2D eigenvalue weighted by Crippen LogP contribution is -2.49. The van der Waals surface area contributed by atoms with Gasteiger partial charge >= 0.3 is 5.97 Å². The van der Waals surface area contributed by atoms with Gasteiger partial charge in [-0.1, -0.05) is 0 Å². The van der Waals surface area contributed by atoms with E-state index in [0.717, 1.165) is 4.90 Å². The molecule has 0 aliphatic carbocycles. The Hall–Kier alpha value is -2.55. The molecule has 0 radical (unpaired) electrons. The van der Waals surface area contributed by atoms with Crippen LogP contribution in [0.1, 0.15) is 27.7 Å². The second-order valence-electron chi connectivity index (χ2n) is 5.99. The van der Waals surface area contributed by atoms with Gasteiger partial charge in [-0.2, -0.15) is 0 Å². The number of anilines is 1. The molecule has 1 aromatic carbocycles. The van der Waals surface area contributed by atoms with Crippen LogP contribution in [0.4, 0.5) is 5.69 Å². The van der Waals surface area contributed by atoms with Gasteiger partial charge in [0.05, 0.1) is 5.25 Å². The summed E-state index contributed by atoms with van der Waals surface area (Å²) in [6.45, 7) is 6.21. The number of carboxylic acids is 1. The summed E-state index contributed by atoms with van der Waals surface area (Å²) in [6, 6.07) is 6.02. The second kappa shape index (κ2) is 10.6. The van der Waals surface area contributed by atoms with E-state index in [9.17, 15) is 24.3 Å². The summed E-state index contributed by atoms with van der Waals surface area (Å²) in [4.78, 5) is 48.2. The molecule has 2 unspecified atom stereocenters. The normalized spacial score (nSPS) is 12.6. The maximum atomic E-state index is 12.8. The van der Waals surface area contributed by atoms with Crippen LogP contribution in [0.25, 0.3) is 0 Å². The maximum Gasteiger partial charge on any atom is 0.326 e. The van der Waals surface area contributed by atoms with Crippen molar-refractivity contribution in [2.24, 2.45) is 0 Å². The van der Waals surface area contributed by atoms with Crippen molar-refractivity contribution >= 4 is 41.1 Å². The summed E-state index contributed by atoms with van der Waals surface area (Å²) >= 11 is 1.29. The molecule has 3 amide bonds. The molecule has 8 nitrogen and oxygen atoms in total. The van der Waals surface area contributed by atoms with Gasteiger partial charge in [0.2, 0.25) is 17.7 Å². The molecule has 148 valence electrons. The number of rotatable bonds is 9. The highest BCUT2D eigenvalue weighted by Gasteiger charge is 2.29. The molecule has 9 heteroatoms. The summed E-state index contributed by atoms with van der Waals surface area (Å²) < 4.78 is 0. The number of hydrogen-bond donors (Lipinski definition) is 3. The molecule has 0 bridgehead atoms. The Kier molecular flexibility index (Phi) is 8.80. The van der Waals surface area contributed by atoms with Crippen molar-refractivity contribution in [3.05, 3.63) is 24.3 Å². The zero-order valence-electron chi connectivity index (χ0n) is 15.8. The van der Waals surface area contributed by atoms with E-state index in [0.29, 0.717) is 5.69 Å². The van der Waals surface area contributed by atoms with Crippen LogP contribution in [-0.4, -0.2) is 58.1 Å². The average Bonchev–Trinajstić information content (AvgIpc) is 2.58. The standard InChI is InChI=1S/C18H25N3O5S/c1-11(18(25)26)21(10-9-19-13(3)22)17(24)12(2)27-16-7-5-15(6-8-16)20-14(4)23/h5-8,11-12H,9-10H2,1-4H3,(H,19,22)(H,20,23)(H,25,26). The lowest BCUT2D eigenvalue weighted by Gasteiger charge is -2.29. The summed E-state index contributed by atoms with van der Waals surface area (Å²) in [6.07, 6.45) is 0. The fourth-order valence-corrected chi connectivity index (χ4v) is 3.23. The molecule has 0 heterocycles. The molecule has 0 saturated carbocycles. The number of amides is 3. The fraction of sp³-hybridized carbons (Fsp3) is 0.444. The van der Waals surface area contributed by atoms with E-state index >= 15 is 0 Å². The van der Waals surface area contributed by atoms with Crippen LogP contribution in [0.15, 0.2) is 29.2 Å². The number of carbonyl (C=O) groups excluding carboxylic acids is 3. The van der Waals surface area contributed by atoms with E-state index in [-0.39, 0.29) is 30.8 Å². The van der Waals surface area contributed by atoms with Crippen molar-refractivity contribution in [2.45, 2.75) is 43.9 Å². The number of thioether (sulfide) groups is 1. The van der Waals surface area contributed by atoms with Gasteiger partial charge in [0.15, 0.2) is 0 Å². The monoisotopic (exact) mass is 395 g/mol. The van der Waals surface area contributed by atoms with Crippen molar-refractivity contribution < 1.29 is 24.3 Å². The van der Waals surface area contributed by atoms with Gasteiger partial charge in [-0.25, -0.2) is 4.79 Å². The van der Waals surface area contributed by atoms with Crippen LogP contribution < -0.4 is 10.6 Å². The predicted octanol–water partition coefficient (Wildman–Crippen LogP) is 1.56. The highest BCUT2D eigenvalue weighted by molar-refractivity contribution is 8.00. The van der Waals surface area contributed by atoms with E-state index in [1.165, 1.54) is 37.4 Å². The molecule has 1 rings (SSSR count). The van der Waals surface area contributed by atoms with E-state index in [1.807, 2.05) is 0 Å². The van der Waals surface area contributed by atoms with Gasteiger partial charge in [0.25, 0.3) is 0 Å². The average molecular weight is 395 g/mol. The summed E-state index contributed by atoms with van der Waals surface area (Å²) in [5, 5.41) is 14.0. The van der Waals surface area contributed by atoms with E-state index in [4.69, 9.17) is 0 Å². The van der Waals surface area contributed by atoms with Crippen LogP contribution in [0.5, 0.6) is 0 Å². The number of hydrogen-bond acceptors (Lipinski definition) is 5. The topological polar surface area (TPSA) is 116 Å². The van der Waals surface area contributed by atoms with Crippen molar-refractivity contribution in [1.82, 2.24) is 10.2 Å². The van der Waals surface area contributed by atoms with Crippen molar-refractivity contribution in [1.29, 1.82) is 0 Å². The minimum Gasteiger partial charge on any atom is -0.480 e. The number of carbonyl (C=O) groups is 4. The lowest BCUT2D eigenvalue weighted by atomic mass is 10.2. The number of nitrogens with zero attached hydrogens (tertiary/aromatic N) is 1. The first kappa shape index (κ1) is 22.5. The molecular formula is C18H25N3O5S. The Bertz CT molecular complexity index is 693. The maximum absolute atomic E-state index is 12.8. The molecule has 27 heavy (non-hydrogen) atoms. The molecule has 0 aliphatic rings. The summed E-state index contributed by atoms with van der Waals surface area (Å²) in [7, 11) is 0. The molecule has 0 fully saturated rings. The summed E-state index contributed by atoms with van der Waals surface area (Å²) in [5.74, 6) is -1.85. The first-order chi connectivity index (χ1) is 12.6. The van der Waals surface area contributed by atoms with Crippen molar-refractivity contribution in [3.63, 3.8) is 0 Å². The van der Waals surface area contributed by atoms with Gasteiger partial charge in [0, 0.05) is 37.5 Å². The van der Waals surface area contributed by atoms with E-state index < -0.39 is 17.3 Å². The van der Waals surface area contributed by atoms with Crippen LogP contribution >= 0.6 is 11.8 Å². The number of benzene rings is 1. The molecule has 0 spiro atoms. The molecular weight excluding hydrogens is 370 g/mol. The Morgan fingerprint density at radius 3 is 2.15 bits per heavy atom. The smallest absolute Gasteiger partial charge is 0.326 e. The third-order valence-corrected chi connectivity index (χ3v) is 4.77. The number of aliphatic carboxylic acids is 1. The fourth-order valence-electron chi connectivity index (χ4n) is 2.29. The molecule has 0 aromatic heterocycles. The van der Waals surface area contributed by atoms with Gasteiger partial charge in [-0.05, 0) is 38.1 Å². The summed E-state index contributed by atoms with van der Waals surface area (Å²) in [5.41, 5.74) is 0.655. The largest absolute Gasteiger partial charge is 0.480 e. The first-order valence-corrected chi connectivity index (χ1v) is 9.31. The van der Waals surface area contributed by atoms with Crippen LogP contribution in [0, 0.1) is 0 Å². The quantitative estimate of drug-likeness (QED) is 0.547. The van der Waals surface area contributed by atoms with Crippen LogP contribution in [0.2, 0.25) is 0 Å². The van der Waals surface area contributed by atoms with Crippen molar-refractivity contribution in [2.75, 3.05) is 18.4 Å².